The number of fused-ring (bicyclic) bond motifs is 2. The van der Waals surface area contributed by atoms with E-state index in [2.05, 4.69) is 40.1 Å². The quantitative estimate of drug-likeness (QED) is 0.445. The molecule has 2 aromatic carbocycles. The molecule has 2 heterocycles. The molecule has 0 spiro atoms. The molecule has 2 N–H and O–H groups in total. The number of carboxylic acid groups (broad SMARTS) is 2. The zero-order valence-corrected chi connectivity index (χ0v) is 21.7. The largest absolute Gasteiger partial charge is 0.478 e. The maximum atomic E-state index is 12.9. The van der Waals surface area contributed by atoms with E-state index in [0.717, 1.165) is 39.0 Å². The molecular weight excluding hydrogens is 498 g/mol. The molecular formula is C30H33N3O6. The fourth-order valence-electron chi connectivity index (χ4n) is 6.73. The van der Waals surface area contributed by atoms with Gasteiger partial charge in [0.15, 0.2) is 0 Å². The van der Waals surface area contributed by atoms with Crippen molar-refractivity contribution in [2.75, 3.05) is 31.1 Å². The summed E-state index contributed by atoms with van der Waals surface area (Å²) in [4.78, 5) is 51.6. The number of anilines is 1. The smallest absolute Gasteiger partial charge is 0.328 e. The number of hydrogen-bond acceptors (Lipinski definition) is 6. The van der Waals surface area contributed by atoms with Crippen molar-refractivity contribution in [1.82, 2.24) is 9.80 Å². The van der Waals surface area contributed by atoms with Crippen molar-refractivity contribution in [3.63, 3.8) is 0 Å². The van der Waals surface area contributed by atoms with Gasteiger partial charge in [-0.2, -0.15) is 0 Å². The minimum atomic E-state index is -1.26. The Kier molecular flexibility index (Phi) is 7.79. The van der Waals surface area contributed by atoms with Crippen LogP contribution >= 0.6 is 0 Å². The average molecular weight is 532 g/mol. The first-order valence-electron chi connectivity index (χ1n) is 13.5. The fourth-order valence-corrected chi connectivity index (χ4v) is 6.73. The van der Waals surface area contributed by atoms with Crippen molar-refractivity contribution in [3.8, 4) is 0 Å². The molecule has 3 fully saturated rings. The second-order valence-corrected chi connectivity index (χ2v) is 10.7. The topological polar surface area (TPSA) is 118 Å². The Morgan fingerprint density at radius 2 is 1.13 bits per heavy atom. The Labute approximate surface area is 227 Å². The van der Waals surface area contributed by atoms with Gasteiger partial charge in [0.1, 0.15) is 0 Å². The van der Waals surface area contributed by atoms with E-state index in [9.17, 15) is 19.2 Å². The minimum absolute atomic E-state index is 0.0817. The number of imide groups is 1. The number of piperazine rings is 1. The van der Waals surface area contributed by atoms with Crippen LogP contribution in [0.1, 0.15) is 46.4 Å². The number of para-hydroxylation sites is 1. The SMILES string of the molecule is O=C(O)/C=C/C(=O)O.O=C1c2ccccc2C(=O)N1C1CC2CC(N3CCN(c4ccccc4)CC3)CC2C1. The summed E-state index contributed by atoms with van der Waals surface area (Å²) in [6.07, 6.45) is 5.52. The normalized spacial score (nSPS) is 26.4. The molecule has 204 valence electrons. The predicted octanol–water partition coefficient (Wildman–Crippen LogP) is 3.37. The number of benzene rings is 2. The second kappa shape index (κ2) is 11.4. The number of carboxylic acids is 2. The van der Waals surface area contributed by atoms with E-state index in [1.165, 1.54) is 18.5 Å². The van der Waals surface area contributed by atoms with Crippen molar-refractivity contribution in [1.29, 1.82) is 0 Å². The van der Waals surface area contributed by atoms with Crippen molar-refractivity contribution >= 4 is 29.4 Å². The first-order chi connectivity index (χ1) is 18.8. The van der Waals surface area contributed by atoms with Crippen molar-refractivity contribution in [2.24, 2.45) is 11.8 Å². The highest BCUT2D eigenvalue weighted by Crippen LogP contribution is 2.48. The van der Waals surface area contributed by atoms with Gasteiger partial charge >= 0.3 is 11.9 Å². The van der Waals surface area contributed by atoms with E-state index in [1.54, 1.807) is 17.0 Å². The van der Waals surface area contributed by atoms with Gasteiger partial charge in [-0.05, 0) is 61.8 Å². The van der Waals surface area contributed by atoms with Crippen molar-refractivity contribution in [2.45, 2.75) is 37.8 Å². The van der Waals surface area contributed by atoms with Crippen LogP contribution in [0.4, 0.5) is 5.69 Å². The van der Waals surface area contributed by atoms with Gasteiger partial charge in [-0.15, -0.1) is 0 Å². The first-order valence-corrected chi connectivity index (χ1v) is 13.5. The van der Waals surface area contributed by atoms with Gasteiger partial charge in [-0.1, -0.05) is 30.3 Å². The molecule has 2 saturated carbocycles. The molecule has 2 atom stereocenters. The van der Waals surface area contributed by atoms with E-state index in [-0.39, 0.29) is 17.9 Å². The molecule has 0 bridgehead atoms. The molecule has 4 aliphatic rings. The maximum Gasteiger partial charge on any atom is 0.328 e. The predicted molar refractivity (Wildman–Crippen MR) is 145 cm³/mol. The molecule has 2 aliphatic heterocycles. The summed E-state index contributed by atoms with van der Waals surface area (Å²) >= 11 is 0. The summed E-state index contributed by atoms with van der Waals surface area (Å²) in [5, 5.41) is 15.6. The van der Waals surface area contributed by atoms with Crippen LogP contribution in [0.15, 0.2) is 66.7 Å². The highest BCUT2D eigenvalue weighted by Gasteiger charge is 2.49. The lowest BCUT2D eigenvalue weighted by Crippen LogP contribution is -2.50. The average Bonchev–Trinajstić information content (AvgIpc) is 3.59. The van der Waals surface area contributed by atoms with Crippen LogP contribution in [0.5, 0.6) is 0 Å². The Balaban J connectivity index is 0.000000339. The Morgan fingerprint density at radius 3 is 1.62 bits per heavy atom. The van der Waals surface area contributed by atoms with Gasteiger partial charge in [0, 0.05) is 56.1 Å². The number of amides is 2. The van der Waals surface area contributed by atoms with Gasteiger partial charge in [0.05, 0.1) is 11.1 Å². The Morgan fingerprint density at radius 1 is 0.667 bits per heavy atom. The Bertz CT molecular complexity index is 1210. The number of carbonyl (C=O) groups is 4. The molecule has 2 aromatic rings. The number of carbonyl (C=O) groups excluding carboxylic acids is 2. The third-order valence-corrected chi connectivity index (χ3v) is 8.48. The van der Waals surface area contributed by atoms with Gasteiger partial charge in [0.25, 0.3) is 11.8 Å². The van der Waals surface area contributed by atoms with Crippen LogP contribution in [-0.4, -0.2) is 82.0 Å². The third kappa shape index (κ3) is 5.73. The van der Waals surface area contributed by atoms with Crippen molar-refractivity contribution in [3.05, 3.63) is 77.9 Å². The molecule has 2 unspecified atom stereocenters. The summed E-state index contributed by atoms with van der Waals surface area (Å²) in [5.41, 5.74) is 2.49. The third-order valence-electron chi connectivity index (χ3n) is 8.48. The van der Waals surface area contributed by atoms with Crippen LogP contribution in [-0.2, 0) is 9.59 Å². The molecule has 2 amide bonds. The number of rotatable bonds is 5. The molecule has 1 saturated heterocycles. The molecule has 9 heteroatoms. The van der Waals surface area contributed by atoms with E-state index in [0.29, 0.717) is 41.2 Å². The standard InChI is InChI=1S/C26H29N3O2.C4H4O4/c30-25-23-8-4-5-9-24(23)26(31)29(25)22-16-18-14-21(15-19(18)17-22)28-12-10-27(11-13-28)20-6-2-1-3-7-20;5-3(6)1-2-4(7)8/h1-9,18-19,21-22H,10-17H2;1-2H,(H,5,6)(H,7,8)/b;2-1+. The van der Waals surface area contributed by atoms with Crippen LogP contribution in [0, 0.1) is 11.8 Å². The zero-order chi connectivity index (χ0) is 27.5. The molecule has 39 heavy (non-hydrogen) atoms. The summed E-state index contributed by atoms with van der Waals surface area (Å²) < 4.78 is 0. The highest BCUT2D eigenvalue weighted by molar-refractivity contribution is 6.21. The van der Waals surface area contributed by atoms with Gasteiger partial charge in [0.2, 0.25) is 0 Å². The summed E-state index contributed by atoms with van der Waals surface area (Å²) in [6, 6.07) is 18.7. The molecule has 2 aliphatic carbocycles. The summed E-state index contributed by atoms with van der Waals surface area (Å²) in [6.45, 7) is 4.43. The minimum Gasteiger partial charge on any atom is -0.478 e. The van der Waals surface area contributed by atoms with E-state index in [1.807, 2.05) is 12.1 Å². The van der Waals surface area contributed by atoms with Gasteiger partial charge < -0.3 is 15.1 Å². The number of aliphatic carboxylic acids is 2. The summed E-state index contributed by atoms with van der Waals surface area (Å²) in [7, 11) is 0. The van der Waals surface area contributed by atoms with E-state index in [4.69, 9.17) is 10.2 Å². The lowest BCUT2D eigenvalue weighted by molar-refractivity contribution is -0.134. The molecule has 6 rings (SSSR count). The second-order valence-electron chi connectivity index (χ2n) is 10.7. The molecule has 0 aromatic heterocycles. The lowest BCUT2D eigenvalue weighted by Gasteiger charge is -2.39. The molecule has 9 nitrogen and oxygen atoms in total. The Hall–Kier alpha value is -3.98. The van der Waals surface area contributed by atoms with E-state index < -0.39 is 11.9 Å². The maximum absolute atomic E-state index is 12.9. The first kappa shape index (κ1) is 26.6. The van der Waals surface area contributed by atoms with Crippen LogP contribution in [0.25, 0.3) is 0 Å². The number of hydrogen-bond donors (Lipinski definition) is 2. The van der Waals surface area contributed by atoms with Crippen LogP contribution in [0.2, 0.25) is 0 Å². The summed E-state index contributed by atoms with van der Waals surface area (Å²) in [5.74, 6) is -1.39. The van der Waals surface area contributed by atoms with Crippen molar-refractivity contribution < 1.29 is 29.4 Å². The molecule has 0 radical (unpaired) electrons. The van der Waals surface area contributed by atoms with Gasteiger partial charge in [-0.3, -0.25) is 19.4 Å². The number of nitrogens with zero attached hydrogens (tertiary/aromatic N) is 3. The van der Waals surface area contributed by atoms with Gasteiger partial charge in [-0.25, -0.2) is 9.59 Å². The zero-order valence-electron chi connectivity index (χ0n) is 21.7. The monoisotopic (exact) mass is 531 g/mol. The fraction of sp³-hybridized carbons (Fsp3) is 0.400. The van der Waals surface area contributed by atoms with E-state index >= 15 is 0 Å². The highest BCUT2D eigenvalue weighted by atomic mass is 16.4. The lowest BCUT2D eigenvalue weighted by atomic mass is 10.0. The van der Waals surface area contributed by atoms with Crippen LogP contribution < -0.4 is 4.90 Å². The van der Waals surface area contributed by atoms with Crippen LogP contribution in [0.3, 0.4) is 0 Å².